The van der Waals surface area contributed by atoms with Gasteiger partial charge in [0, 0.05) is 31.7 Å². The third-order valence-electron chi connectivity index (χ3n) is 5.64. The fraction of sp³-hybridized carbons (Fsp3) is 0.375. The van der Waals surface area contributed by atoms with E-state index >= 15 is 0 Å². The average molecular weight is 474 g/mol. The van der Waals surface area contributed by atoms with Crippen molar-refractivity contribution in [2.75, 3.05) is 32.8 Å². The molecule has 0 amide bonds. The number of hydrogen-bond donors (Lipinski definition) is 0. The number of morpholine rings is 1. The Bertz CT molecular complexity index is 1210. The van der Waals surface area contributed by atoms with Gasteiger partial charge in [-0.05, 0) is 43.7 Å². The molecule has 2 heterocycles. The van der Waals surface area contributed by atoms with E-state index in [1.54, 1.807) is 29.7 Å². The Labute approximate surface area is 194 Å². The third-order valence-corrected chi connectivity index (χ3v) is 6.73. The van der Waals surface area contributed by atoms with E-state index in [2.05, 4.69) is 9.88 Å². The number of thioether (sulfide) groups is 1. The van der Waals surface area contributed by atoms with Crippen LogP contribution in [0, 0.1) is 11.6 Å². The predicted octanol–water partition coefficient (Wildman–Crippen LogP) is 3.76. The molecular formula is C24H25F2N3O3S. The molecule has 0 spiro atoms. The van der Waals surface area contributed by atoms with E-state index in [-0.39, 0.29) is 16.9 Å². The van der Waals surface area contributed by atoms with Crippen LogP contribution in [-0.2, 0) is 11.3 Å². The van der Waals surface area contributed by atoms with Gasteiger partial charge in [0.2, 0.25) is 0 Å². The van der Waals surface area contributed by atoms with Crippen LogP contribution in [0.4, 0.5) is 8.78 Å². The van der Waals surface area contributed by atoms with Crippen molar-refractivity contribution < 1.29 is 18.3 Å². The molecule has 3 aromatic rings. The molecule has 0 unspecified atom stereocenters. The van der Waals surface area contributed by atoms with Crippen LogP contribution in [0.3, 0.4) is 0 Å². The maximum Gasteiger partial charge on any atom is 0.262 e. The summed E-state index contributed by atoms with van der Waals surface area (Å²) in [5, 5.41) is 0.310. The number of carbonyl (C=O) groups is 1. The highest BCUT2D eigenvalue weighted by Gasteiger charge is 2.22. The van der Waals surface area contributed by atoms with Crippen molar-refractivity contribution in [3.8, 4) is 0 Å². The monoisotopic (exact) mass is 473 g/mol. The molecule has 174 valence electrons. The molecule has 2 aromatic carbocycles. The van der Waals surface area contributed by atoms with E-state index in [1.807, 2.05) is 6.07 Å². The number of Topliss-reactive ketones (excluding diaryl/α,β-unsaturated/α-hetero) is 1. The van der Waals surface area contributed by atoms with Gasteiger partial charge in [-0.3, -0.25) is 19.1 Å². The minimum absolute atomic E-state index is 0.0795. The number of para-hydroxylation sites is 1. The van der Waals surface area contributed by atoms with Crippen molar-refractivity contribution in [1.29, 1.82) is 0 Å². The van der Waals surface area contributed by atoms with E-state index in [0.29, 0.717) is 35.8 Å². The van der Waals surface area contributed by atoms with E-state index in [1.165, 1.54) is 6.07 Å². The first-order valence-electron chi connectivity index (χ1n) is 10.9. The smallest absolute Gasteiger partial charge is 0.262 e. The molecule has 1 aliphatic heterocycles. The summed E-state index contributed by atoms with van der Waals surface area (Å²) in [7, 11) is 0. The van der Waals surface area contributed by atoms with Crippen molar-refractivity contribution in [2.45, 2.75) is 30.3 Å². The number of ether oxygens (including phenoxy) is 1. The van der Waals surface area contributed by atoms with Crippen LogP contribution in [0.25, 0.3) is 10.9 Å². The molecule has 1 aliphatic rings. The lowest BCUT2D eigenvalue weighted by molar-refractivity contribution is 0.0368. The minimum atomic E-state index is -1.07. The van der Waals surface area contributed by atoms with Crippen LogP contribution in [0.1, 0.15) is 23.7 Å². The summed E-state index contributed by atoms with van der Waals surface area (Å²) in [6.07, 6.45) is 0.749. The fourth-order valence-electron chi connectivity index (χ4n) is 3.81. The van der Waals surface area contributed by atoms with Crippen LogP contribution in [0.2, 0.25) is 0 Å². The molecule has 1 atom stereocenters. The molecule has 1 aromatic heterocycles. The number of aromatic nitrogens is 2. The van der Waals surface area contributed by atoms with Gasteiger partial charge in [-0.25, -0.2) is 13.8 Å². The highest BCUT2D eigenvalue weighted by molar-refractivity contribution is 8.00. The molecular weight excluding hydrogens is 448 g/mol. The first-order valence-corrected chi connectivity index (χ1v) is 11.8. The molecule has 1 fully saturated rings. The number of nitrogens with zero attached hydrogens (tertiary/aromatic N) is 3. The predicted molar refractivity (Wildman–Crippen MR) is 124 cm³/mol. The minimum Gasteiger partial charge on any atom is -0.379 e. The summed E-state index contributed by atoms with van der Waals surface area (Å²) in [6.45, 7) is 6.12. The zero-order valence-electron chi connectivity index (χ0n) is 18.3. The van der Waals surface area contributed by atoms with Crippen molar-refractivity contribution in [3.05, 3.63) is 70.0 Å². The van der Waals surface area contributed by atoms with Crippen LogP contribution in [-0.4, -0.2) is 58.3 Å². The van der Waals surface area contributed by atoms with Crippen LogP contribution in [0.5, 0.6) is 0 Å². The lowest BCUT2D eigenvalue weighted by Gasteiger charge is -2.26. The zero-order valence-corrected chi connectivity index (χ0v) is 19.1. The Morgan fingerprint density at radius 2 is 1.88 bits per heavy atom. The van der Waals surface area contributed by atoms with Crippen molar-refractivity contribution in [3.63, 3.8) is 0 Å². The standard InChI is InChI=1S/C24H25F2N3O3S/c1-16(22(30)17-7-8-19(25)20(26)15-17)33-24-27-21-6-3-2-5-18(21)23(31)29(24)10-4-9-28-11-13-32-14-12-28/h2-3,5-8,15-16H,4,9-14H2,1H3/t16-/m1/s1. The van der Waals surface area contributed by atoms with Gasteiger partial charge < -0.3 is 4.74 Å². The van der Waals surface area contributed by atoms with Gasteiger partial charge in [-0.2, -0.15) is 0 Å². The van der Waals surface area contributed by atoms with E-state index in [9.17, 15) is 18.4 Å². The molecule has 4 rings (SSSR count). The van der Waals surface area contributed by atoms with Gasteiger partial charge >= 0.3 is 0 Å². The fourth-order valence-corrected chi connectivity index (χ4v) is 4.82. The number of rotatable bonds is 8. The summed E-state index contributed by atoms with van der Waals surface area (Å²) in [6, 6.07) is 10.2. The molecule has 0 radical (unpaired) electrons. The second-order valence-corrected chi connectivity index (χ2v) is 9.24. The Hall–Kier alpha value is -2.62. The molecule has 0 N–H and O–H groups in total. The number of halogens is 2. The number of benzene rings is 2. The van der Waals surface area contributed by atoms with Gasteiger partial charge in [0.25, 0.3) is 5.56 Å². The Morgan fingerprint density at radius 1 is 1.12 bits per heavy atom. The van der Waals surface area contributed by atoms with Gasteiger partial charge in [0.05, 0.1) is 29.4 Å². The molecule has 0 aliphatic carbocycles. The quantitative estimate of drug-likeness (QED) is 0.282. The Kier molecular flexibility index (Phi) is 7.52. The largest absolute Gasteiger partial charge is 0.379 e. The summed E-state index contributed by atoms with van der Waals surface area (Å²) in [4.78, 5) is 33.0. The third kappa shape index (κ3) is 5.48. The highest BCUT2D eigenvalue weighted by Crippen LogP contribution is 2.26. The van der Waals surface area contributed by atoms with Crippen molar-refractivity contribution in [2.24, 2.45) is 0 Å². The van der Waals surface area contributed by atoms with Crippen LogP contribution >= 0.6 is 11.8 Å². The molecule has 6 nitrogen and oxygen atoms in total. The summed E-state index contributed by atoms with van der Waals surface area (Å²) in [5.41, 5.74) is 0.482. The number of ketones is 1. The number of fused-ring (bicyclic) bond motifs is 1. The molecule has 9 heteroatoms. The SMILES string of the molecule is C[C@@H](Sc1nc2ccccc2c(=O)n1CCCN1CCOCC1)C(=O)c1ccc(F)c(F)c1. The Morgan fingerprint density at radius 3 is 2.64 bits per heavy atom. The summed E-state index contributed by atoms with van der Waals surface area (Å²) >= 11 is 1.15. The molecule has 33 heavy (non-hydrogen) atoms. The summed E-state index contributed by atoms with van der Waals surface area (Å²) < 4.78 is 33.9. The van der Waals surface area contributed by atoms with Crippen LogP contribution < -0.4 is 5.56 Å². The van der Waals surface area contributed by atoms with E-state index < -0.39 is 16.9 Å². The van der Waals surface area contributed by atoms with E-state index in [0.717, 1.165) is 49.9 Å². The second-order valence-electron chi connectivity index (χ2n) is 7.93. The first kappa shape index (κ1) is 23.5. The summed E-state index contributed by atoms with van der Waals surface area (Å²) in [5.74, 6) is -2.43. The van der Waals surface area contributed by atoms with Crippen LogP contribution in [0.15, 0.2) is 52.4 Å². The highest BCUT2D eigenvalue weighted by atomic mass is 32.2. The topological polar surface area (TPSA) is 64.4 Å². The van der Waals surface area contributed by atoms with Gasteiger partial charge in [0.15, 0.2) is 22.6 Å². The maximum absolute atomic E-state index is 13.6. The lowest BCUT2D eigenvalue weighted by Crippen LogP contribution is -2.37. The van der Waals surface area contributed by atoms with Gasteiger partial charge in [-0.15, -0.1) is 0 Å². The second kappa shape index (κ2) is 10.5. The van der Waals surface area contributed by atoms with Crippen molar-refractivity contribution >= 4 is 28.4 Å². The number of hydrogen-bond acceptors (Lipinski definition) is 6. The number of carbonyl (C=O) groups excluding carboxylic acids is 1. The van der Waals surface area contributed by atoms with E-state index in [4.69, 9.17) is 4.74 Å². The molecule has 0 bridgehead atoms. The Balaban J connectivity index is 1.57. The van der Waals surface area contributed by atoms with Crippen molar-refractivity contribution in [1.82, 2.24) is 14.5 Å². The normalized spacial score (nSPS) is 15.6. The first-order chi connectivity index (χ1) is 15.9. The molecule has 0 saturated carbocycles. The van der Waals surface area contributed by atoms with Gasteiger partial charge in [0.1, 0.15) is 0 Å². The maximum atomic E-state index is 13.6. The molecule has 1 saturated heterocycles. The zero-order chi connectivity index (χ0) is 23.4. The lowest BCUT2D eigenvalue weighted by atomic mass is 10.1. The average Bonchev–Trinajstić information content (AvgIpc) is 2.83. The van der Waals surface area contributed by atoms with Gasteiger partial charge in [-0.1, -0.05) is 23.9 Å².